The van der Waals surface area contributed by atoms with E-state index in [4.69, 9.17) is 16.3 Å². The number of rotatable bonds is 3. The molecule has 0 N–H and O–H groups in total. The summed E-state index contributed by atoms with van der Waals surface area (Å²) >= 11 is 5.96. The van der Waals surface area contributed by atoms with Gasteiger partial charge in [-0.05, 0) is 23.8 Å². The molecule has 0 spiro atoms. The Kier molecular flexibility index (Phi) is 3.34. The third kappa shape index (κ3) is 2.85. The monoisotopic (exact) mass is 269 g/mol. The summed E-state index contributed by atoms with van der Waals surface area (Å²) in [6.45, 7) is 0.514. The molecule has 3 aromatic rings. The number of ether oxygens (including phenoxy) is 1. The Morgan fingerprint density at radius 3 is 2.58 bits per heavy atom. The molecule has 2 nitrogen and oxygen atoms in total. The minimum absolute atomic E-state index is 0.514. The fourth-order valence-corrected chi connectivity index (χ4v) is 2.05. The van der Waals surface area contributed by atoms with Crippen LogP contribution in [0.15, 0.2) is 60.7 Å². The van der Waals surface area contributed by atoms with E-state index in [-0.39, 0.29) is 0 Å². The summed E-state index contributed by atoms with van der Waals surface area (Å²) in [6, 6.07) is 19.5. The maximum atomic E-state index is 5.96. The van der Waals surface area contributed by atoms with Crippen LogP contribution in [0.4, 0.5) is 0 Å². The van der Waals surface area contributed by atoms with Crippen LogP contribution < -0.4 is 4.74 Å². The Labute approximate surface area is 116 Å². The second-order valence-corrected chi connectivity index (χ2v) is 4.70. The second kappa shape index (κ2) is 5.29. The zero-order valence-corrected chi connectivity index (χ0v) is 11.0. The first-order valence-electron chi connectivity index (χ1n) is 6.04. The molecule has 1 aromatic heterocycles. The smallest absolute Gasteiger partial charge is 0.214 e. The van der Waals surface area contributed by atoms with Crippen molar-refractivity contribution in [2.45, 2.75) is 6.61 Å². The molecule has 3 rings (SSSR count). The first-order chi connectivity index (χ1) is 9.31. The first-order valence-corrected chi connectivity index (χ1v) is 6.42. The van der Waals surface area contributed by atoms with Crippen molar-refractivity contribution in [2.75, 3.05) is 0 Å². The molecule has 94 valence electrons. The van der Waals surface area contributed by atoms with Gasteiger partial charge in [0.05, 0.1) is 5.52 Å². The van der Waals surface area contributed by atoms with Crippen molar-refractivity contribution in [1.29, 1.82) is 0 Å². The number of fused-ring (bicyclic) bond motifs is 1. The van der Waals surface area contributed by atoms with Crippen LogP contribution in [0.1, 0.15) is 5.56 Å². The molecule has 0 saturated carbocycles. The van der Waals surface area contributed by atoms with Gasteiger partial charge in [0.25, 0.3) is 0 Å². The molecular weight excluding hydrogens is 258 g/mol. The first kappa shape index (κ1) is 12.0. The van der Waals surface area contributed by atoms with Crippen LogP contribution in [0.5, 0.6) is 5.88 Å². The largest absolute Gasteiger partial charge is 0.473 e. The summed E-state index contributed by atoms with van der Waals surface area (Å²) < 4.78 is 5.69. The van der Waals surface area contributed by atoms with Crippen LogP contribution in [0, 0.1) is 0 Å². The van der Waals surface area contributed by atoms with Crippen LogP contribution in [-0.4, -0.2) is 4.98 Å². The highest BCUT2D eigenvalue weighted by Gasteiger charge is 2.01. The van der Waals surface area contributed by atoms with Gasteiger partial charge in [0.2, 0.25) is 5.88 Å². The molecule has 0 bridgehead atoms. The highest BCUT2D eigenvalue weighted by atomic mass is 35.5. The Balaban J connectivity index is 1.81. The molecule has 19 heavy (non-hydrogen) atoms. The predicted molar refractivity (Wildman–Crippen MR) is 77.5 cm³/mol. The Hall–Kier alpha value is -2.06. The van der Waals surface area contributed by atoms with Crippen molar-refractivity contribution >= 4 is 22.5 Å². The standard InChI is InChI=1S/C16H12ClNO/c17-14-8-6-13-7-9-16(18-15(13)10-14)19-11-12-4-2-1-3-5-12/h1-10H,11H2. The number of hydrogen-bond acceptors (Lipinski definition) is 2. The number of benzene rings is 2. The zero-order valence-electron chi connectivity index (χ0n) is 10.2. The average Bonchev–Trinajstić information content (AvgIpc) is 2.46. The van der Waals surface area contributed by atoms with Crippen molar-refractivity contribution in [2.24, 2.45) is 0 Å². The molecule has 3 heteroatoms. The number of pyridine rings is 1. The van der Waals surface area contributed by atoms with Crippen molar-refractivity contribution < 1.29 is 4.74 Å². The highest BCUT2D eigenvalue weighted by molar-refractivity contribution is 6.31. The van der Waals surface area contributed by atoms with Gasteiger partial charge in [0.1, 0.15) is 6.61 Å². The summed E-state index contributed by atoms with van der Waals surface area (Å²) in [4.78, 5) is 4.44. The lowest BCUT2D eigenvalue weighted by atomic mass is 10.2. The van der Waals surface area contributed by atoms with Crippen LogP contribution in [0.2, 0.25) is 5.02 Å². The summed E-state index contributed by atoms with van der Waals surface area (Å²) in [5.41, 5.74) is 1.97. The van der Waals surface area contributed by atoms with Gasteiger partial charge < -0.3 is 4.74 Å². The lowest BCUT2D eigenvalue weighted by Crippen LogP contribution is -1.96. The van der Waals surface area contributed by atoms with E-state index in [1.165, 1.54) is 0 Å². The fourth-order valence-electron chi connectivity index (χ4n) is 1.88. The Bertz CT molecular complexity index is 697. The molecule has 0 aliphatic rings. The molecule has 0 aliphatic carbocycles. The van der Waals surface area contributed by atoms with E-state index in [0.717, 1.165) is 16.5 Å². The van der Waals surface area contributed by atoms with Gasteiger partial charge in [-0.25, -0.2) is 4.98 Å². The minimum atomic E-state index is 0.514. The van der Waals surface area contributed by atoms with E-state index in [1.807, 2.05) is 60.7 Å². The van der Waals surface area contributed by atoms with E-state index in [2.05, 4.69) is 4.98 Å². The number of aromatic nitrogens is 1. The molecule has 0 aliphatic heterocycles. The molecule has 0 fully saturated rings. The molecule has 0 saturated heterocycles. The lowest BCUT2D eigenvalue weighted by Gasteiger charge is -2.06. The minimum Gasteiger partial charge on any atom is -0.473 e. The quantitative estimate of drug-likeness (QED) is 0.700. The molecule has 0 amide bonds. The van der Waals surface area contributed by atoms with Gasteiger partial charge in [-0.15, -0.1) is 0 Å². The van der Waals surface area contributed by atoms with E-state index >= 15 is 0 Å². The summed E-state index contributed by atoms with van der Waals surface area (Å²) in [5, 5.41) is 1.73. The van der Waals surface area contributed by atoms with Crippen LogP contribution >= 0.6 is 11.6 Å². The van der Waals surface area contributed by atoms with Gasteiger partial charge in [-0.1, -0.05) is 48.0 Å². The highest BCUT2D eigenvalue weighted by Crippen LogP contribution is 2.20. The molecule has 0 radical (unpaired) electrons. The van der Waals surface area contributed by atoms with E-state index in [1.54, 1.807) is 0 Å². The zero-order chi connectivity index (χ0) is 13.1. The molecule has 1 heterocycles. The third-order valence-corrected chi connectivity index (χ3v) is 3.09. The lowest BCUT2D eigenvalue weighted by molar-refractivity contribution is 0.295. The Morgan fingerprint density at radius 2 is 1.74 bits per heavy atom. The number of nitrogens with zero attached hydrogens (tertiary/aromatic N) is 1. The van der Waals surface area contributed by atoms with Crippen molar-refractivity contribution in [1.82, 2.24) is 4.98 Å². The summed E-state index contributed by atoms with van der Waals surface area (Å²) in [7, 11) is 0. The summed E-state index contributed by atoms with van der Waals surface area (Å²) in [5.74, 6) is 0.610. The van der Waals surface area contributed by atoms with Gasteiger partial charge in [0.15, 0.2) is 0 Å². The van der Waals surface area contributed by atoms with Crippen molar-refractivity contribution in [3.8, 4) is 5.88 Å². The van der Waals surface area contributed by atoms with E-state index in [9.17, 15) is 0 Å². The van der Waals surface area contributed by atoms with E-state index < -0.39 is 0 Å². The predicted octanol–water partition coefficient (Wildman–Crippen LogP) is 4.47. The number of halogens is 1. The SMILES string of the molecule is Clc1ccc2ccc(OCc3ccccc3)nc2c1. The van der Waals surface area contributed by atoms with E-state index in [0.29, 0.717) is 17.5 Å². The second-order valence-electron chi connectivity index (χ2n) is 4.26. The maximum absolute atomic E-state index is 5.96. The van der Waals surface area contributed by atoms with Crippen LogP contribution in [0.3, 0.4) is 0 Å². The fraction of sp³-hybridized carbons (Fsp3) is 0.0625. The average molecular weight is 270 g/mol. The number of hydrogen-bond donors (Lipinski definition) is 0. The molecule has 2 aromatic carbocycles. The topological polar surface area (TPSA) is 22.1 Å². The van der Waals surface area contributed by atoms with Crippen LogP contribution in [-0.2, 0) is 6.61 Å². The van der Waals surface area contributed by atoms with Gasteiger partial charge in [0, 0.05) is 16.5 Å². The van der Waals surface area contributed by atoms with Crippen molar-refractivity contribution in [3.63, 3.8) is 0 Å². The normalized spacial score (nSPS) is 10.6. The molecular formula is C16H12ClNO. The van der Waals surface area contributed by atoms with Crippen molar-refractivity contribution in [3.05, 3.63) is 71.2 Å². The van der Waals surface area contributed by atoms with Gasteiger partial charge in [-0.2, -0.15) is 0 Å². The Morgan fingerprint density at radius 1 is 0.947 bits per heavy atom. The maximum Gasteiger partial charge on any atom is 0.214 e. The van der Waals surface area contributed by atoms with Gasteiger partial charge >= 0.3 is 0 Å². The molecule has 0 unspecified atom stereocenters. The molecule has 0 atom stereocenters. The summed E-state index contributed by atoms with van der Waals surface area (Å²) in [6.07, 6.45) is 0. The third-order valence-electron chi connectivity index (χ3n) is 2.86. The van der Waals surface area contributed by atoms with Gasteiger partial charge in [-0.3, -0.25) is 0 Å². The van der Waals surface area contributed by atoms with Crippen LogP contribution in [0.25, 0.3) is 10.9 Å².